The fourth-order valence-corrected chi connectivity index (χ4v) is 1.62. The summed E-state index contributed by atoms with van der Waals surface area (Å²) in [6.07, 6.45) is -6.76. The molecule has 2 atom stereocenters. The summed E-state index contributed by atoms with van der Waals surface area (Å²) in [5.74, 6) is -0.330. The molecule has 0 heterocycles. The van der Waals surface area contributed by atoms with Gasteiger partial charge in [-0.25, -0.2) is 0 Å². The second kappa shape index (κ2) is 7.58. The fourth-order valence-electron chi connectivity index (χ4n) is 1.62. The van der Waals surface area contributed by atoms with Crippen LogP contribution in [0.15, 0.2) is 12.1 Å². The van der Waals surface area contributed by atoms with Gasteiger partial charge in [-0.15, -0.1) is 12.4 Å². The molecule has 0 saturated carbocycles. The van der Waals surface area contributed by atoms with Crippen LogP contribution >= 0.6 is 12.4 Å². The minimum atomic E-state index is -4.59. The first kappa shape index (κ1) is 19.6. The van der Waals surface area contributed by atoms with Gasteiger partial charge in [0.2, 0.25) is 5.75 Å². The maximum absolute atomic E-state index is 12.4. The third-order valence-corrected chi connectivity index (χ3v) is 2.78. The number of aromatic hydroxyl groups is 1. The van der Waals surface area contributed by atoms with E-state index in [9.17, 15) is 23.4 Å². The molecule has 122 valence electrons. The predicted molar refractivity (Wildman–Crippen MR) is 72.1 cm³/mol. The first-order chi connectivity index (χ1) is 9.20. The Kier molecular flexibility index (Phi) is 7.08. The lowest BCUT2D eigenvalue weighted by molar-refractivity contribution is -0.153. The molecular weight excluding hydrogens is 315 g/mol. The van der Waals surface area contributed by atoms with Gasteiger partial charge in [0, 0.05) is 6.42 Å². The van der Waals surface area contributed by atoms with Crippen LogP contribution in [0.25, 0.3) is 0 Å². The van der Waals surface area contributed by atoms with E-state index in [4.69, 9.17) is 15.2 Å². The number of aliphatic hydroxyl groups is 1. The molecule has 0 unspecified atom stereocenters. The summed E-state index contributed by atoms with van der Waals surface area (Å²) >= 11 is 0. The molecule has 0 aliphatic heterocycles. The van der Waals surface area contributed by atoms with Crippen LogP contribution in [-0.4, -0.2) is 36.7 Å². The van der Waals surface area contributed by atoms with Crippen LogP contribution in [0.4, 0.5) is 13.2 Å². The quantitative estimate of drug-likeness (QED) is 0.770. The molecule has 21 heavy (non-hydrogen) atoms. The average Bonchev–Trinajstić information content (AvgIpc) is 2.37. The number of nitrogens with two attached hydrogens (primary N) is 1. The summed E-state index contributed by atoms with van der Waals surface area (Å²) in [7, 11) is 2.54. The minimum absolute atomic E-state index is 0. The van der Waals surface area contributed by atoms with Crippen molar-refractivity contribution in [2.75, 3.05) is 14.2 Å². The molecule has 1 aromatic rings. The molecule has 0 saturated heterocycles. The Balaban J connectivity index is 0.00000400. The molecule has 0 aromatic heterocycles. The van der Waals surface area contributed by atoms with Crippen molar-refractivity contribution >= 4 is 12.4 Å². The standard InChI is InChI=1S/C12H16F3NO4.ClH/c1-19-8-3-6(4-9(20-2)11(8)18)7(17)5-10(16)12(13,14)15;/h3-4,7,10,17-18H,5,16H2,1-2H3;1H/t7-,10-;/m0./s1. The third-order valence-electron chi connectivity index (χ3n) is 2.78. The zero-order valence-corrected chi connectivity index (χ0v) is 12.2. The summed E-state index contributed by atoms with van der Waals surface area (Å²) < 4.78 is 46.8. The monoisotopic (exact) mass is 331 g/mol. The van der Waals surface area contributed by atoms with E-state index in [1.165, 1.54) is 26.4 Å². The van der Waals surface area contributed by atoms with Crippen LogP contribution in [0.2, 0.25) is 0 Å². The maximum Gasteiger partial charge on any atom is 0.403 e. The molecule has 4 N–H and O–H groups in total. The fraction of sp³-hybridized carbons (Fsp3) is 0.500. The van der Waals surface area contributed by atoms with E-state index in [1.54, 1.807) is 0 Å². The van der Waals surface area contributed by atoms with Crippen molar-refractivity contribution in [3.05, 3.63) is 17.7 Å². The Morgan fingerprint density at radius 2 is 1.62 bits per heavy atom. The molecule has 0 aliphatic carbocycles. The number of rotatable bonds is 5. The van der Waals surface area contributed by atoms with Gasteiger partial charge in [0.25, 0.3) is 0 Å². The van der Waals surface area contributed by atoms with E-state index in [1.807, 2.05) is 0 Å². The van der Waals surface area contributed by atoms with Crippen LogP contribution in [0.1, 0.15) is 18.1 Å². The summed E-state index contributed by atoms with van der Waals surface area (Å²) in [4.78, 5) is 0. The zero-order valence-electron chi connectivity index (χ0n) is 11.3. The van der Waals surface area contributed by atoms with Gasteiger partial charge in [-0.2, -0.15) is 13.2 Å². The average molecular weight is 332 g/mol. The van der Waals surface area contributed by atoms with E-state index in [-0.39, 0.29) is 35.2 Å². The van der Waals surface area contributed by atoms with Gasteiger partial charge in [0.15, 0.2) is 11.5 Å². The van der Waals surface area contributed by atoms with Crippen LogP contribution < -0.4 is 15.2 Å². The summed E-state index contributed by atoms with van der Waals surface area (Å²) in [6, 6.07) is 0.306. The number of hydrogen-bond donors (Lipinski definition) is 3. The first-order valence-corrected chi connectivity index (χ1v) is 5.66. The van der Waals surface area contributed by atoms with Crippen LogP contribution in [-0.2, 0) is 0 Å². The molecule has 0 amide bonds. The van der Waals surface area contributed by atoms with Gasteiger partial charge >= 0.3 is 6.18 Å². The Hall–Kier alpha value is -1.38. The van der Waals surface area contributed by atoms with Gasteiger partial charge in [0.05, 0.1) is 20.3 Å². The number of phenols is 1. The summed E-state index contributed by atoms with van der Waals surface area (Å²) in [5, 5.41) is 19.5. The molecule has 0 bridgehead atoms. The molecule has 9 heteroatoms. The molecule has 1 aromatic carbocycles. The van der Waals surface area contributed by atoms with Crippen molar-refractivity contribution in [3.8, 4) is 17.2 Å². The van der Waals surface area contributed by atoms with Crippen molar-refractivity contribution in [2.45, 2.75) is 24.7 Å². The summed E-state index contributed by atoms with van der Waals surface area (Å²) in [6.45, 7) is 0. The number of methoxy groups -OCH3 is 2. The predicted octanol–water partition coefficient (Wildman–Crippen LogP) is 2.14. The summed E-state index contributed by atoms with van der Waals surface area (Å²) in [5.41, 5.74) is 5.07. The van der Waals surface area contributed by atoms with Crippen LogP contribution in [0.3, 0.4) is 0 Å². The Labute approximate surface area is 125 Å². The highest BCUT2D eigenvalue weighted by Crippen LogP contribution is 2.39. The molecule has 1 rings (SSSR count). The Morgan fingerprint density at radius 1 is 1.19 bits per heavy atom. The second-order valence-corrected chi connectivity index (χ2v) is 4.17. The number of hydrogen-bond acceptors (Lipinski definition) is 5. The normalized spacial score (nSPS) is 14.0. The van der Waals surface area contributed by atoms with Crippen molar-refractivity contribution in [1.29, 1.82) is 0 Å². The molecule has 0 fully saturated rings. The Bertz CT molecular complexity index is 445. The molecule has 0 aliphatic rings. The van der Waals surface area contributed by atoms with E-state index in [0.29, 0.717) is 0 Å². The lowest BCUT2D eigenvalue weighted by Gasteiger charge is -2.20. The minimum Gasteiger partial charge on any atom is -0.502 e. The van der Waals surface area contributed by atoms with Crippen molar-refractivity contribution in [3.63, 3.8) is 0 Å². The van der Waals surface area contributed by atoms with Crippen LogP contribution in [0.5, 0.6) is 17.2 Å². The molecular formula is C12H17ClF3NO4. The van der Waals surface area contributed by atoms with Gasteiger partial charge in [0.1, 0.15) is 6.04 Å². The van der Waals surface area contributed by atoms with Gasteiger partial charge in [-0.05, 0) is 17.7 Å². The highest BCUT2D eigenvalue weighted by atomic mass is 35.5. The first-order valence-electron chi connectivity index (χ1n) is 5.66. The maximum atomic E-state index is 12.4. The van der Waals surface area contributed by atoms with E-state index >= 15 is 0 Å². The lowest BCUT2D eigenvalue weighted by Crippen LogP contribution is -2.38. The molecule has 5 nitrogen and oxygen atoms in total. The van der Waals surface area contributed by atoms with Crippen molar-refractivity contribution in [1.82, 2.24) is 0 Å². The number of halogens is 4. The number of aliphatic hydroxyl groups excluding tert-OH is 1. The van der Waals surface area contributed by atoms with Crippen molar-refractivity contribution < 1.29 is 32.9 Å². The lowest BCUT2D eigenvalue weighted by atomic mass is 10.0. The van der Waals surface area contributed by atoms with Gasteiger partial charge < -0.3 is 25.4 Å². The molecule has 0 spiro atoms. The Morgan fingerprint density at radius 3 is 1.95 bits per heavy atom. The zero-order chi connectivity index (χ0) is 15.5. The SMILES string of the molecule is COc1cc([C@@H](O)C[C@H](N)C(F)(F)F)cc(OC)c1O.Cl. The van der Waals surface area contributed by atoms with Crippen LogP contribution in [0, 0.1) is 0 Å². The van der Waals surface area contributed by atoms with Gasteiger partial charge in [-0.3, -0.25) is 0 Å². The van der Waals surface area contributed by atoms with Gasteiger partial charge in [-0.1, -0.05) is 0 Å². The van der Waals surface area contributed by atoms with E-state index < -0.39 is 24.7 Å². The highest BCUT2D eigenvalue weighted by molar-refractivity contribution is 5.85. The second-order valence-electron chi connectivity index (χ2n) is 4.17. The van der Waals surface area contributed by atoms with E-state index in [0.717, 1.165) is 0 Å². The topological polar surface area (TPSA) is 84.9 Å². The number of phenolic OH excluding ortho intramolecular Hbond substituents is 1. The molecule has 0 radical (unpaired) electrons. The number of benzene rings is 1. The number of ether oxygens (including phenoxy) is 2. The third kappa shape index (κ3) is 4.83. The van der Waals surface area contributed by atoms with E-state index in [2.05, 4.69) is 0 Å². The van der Waals surface area contributed by atoms with Crippen molar-refractivity contribution in [2.24, 2.45) is 5.73 Å². The number of alkyl halides is 3. The highest BCUT2D eigenvalue weighted by Gasteiger charge is 2.38. The largest absolute Gasteiger partial charge is 0.502 e. The smallest absolute Gasteiger partial charge is 0.403 e.